The average molecular weight is 272 g/mol. The number of benzene rings is 1. The maximum atomic E-state index is 6.11. The van der Waals surface area contributed by atoms with Crippen molar-refractivity contribution in [3.05, 3.63) is 41.6 Å². The molecule has 2 aromatic rings. The van der Waals surface area contributed by atoms with Gasteiger partial charge in [0.15, 0.2) is 0 Å². The Balaban J connectivity index is 2.39. The molecule has 0 amide bonds. The molecule has 1 aromatic carbocycles. The summed E-state index contributed by atoms with van der Waals surface area (Å²) < 4.78 is 1.82. The molecule has 4 nitrogen and oxygen atoms in total. The van der Waals surface area contributed by atoms with E-state index in [0.29, 0.717) is 5.82 Å². The summed E-state index contributed by atoms with van der Waals surface area (Å²) in [4.78, 5) is 2.14. The van der Waals surface area contributed by atoms with Crippen molar-refractivity contribution in [1.29, 1.82) is 0 Å². The molecule has 0 bridgehead atoms. The van der Waals surface area contributed by atoms with Crippen LogP contribution < -0.4 is 5.73 Å². The second-order valence-electron chi connectivity index (χ2n) is 6.52. The van der Waals surface area contributed by atoms with Gasteiger partial charge in [-0.05, 0) is 31.8 Å². The van der Waals surface area contributed by atoms with Crippen molar-refractivity contribution in [3.63, 3.8) is 0 Å². The molecule has 1 aromatic heterocycles. The van der Waals surface area contributed by atoms with Gasteiger partial charge < -0.3 is 10.6 Å². The zero-order valence-corrected chi connectivity index (χ0v) is 13.0. The van der Waals surface area contributed by atoms with E-state index in [9.17, 15) is 0 Å². The van der Waals surface area contributed by atoms with Gasteiger partial charge in [0.1, 0.15) is 5.82 Å². The van der Waals surface area contributed by atoms with Crippen molar-refractivity contribution in [3.8, 4) is 5.69 Å². The van der Waals surface area contributed by atoms with E-state index in [1.54, 1.807) is 0 Å². The number of nitrogen functional groups attached to an aromatic ring is 1. The van der Waals surface area contributed by atoms with Crippen LogP contribution in [0.2, 0.25) is 0 Å². The van der Waals surface area contributed by atoms with Crippen LogP contribution >= 0.6 is 0 Å². The summed E-state index contributed by atoms with van der Waals surface area (Å²) in [7, 11) is 4.12. The Morgan fingerprint density at radius 3 is 2.45 bits per heavy atom. The fourth-order valence-corrected chi connectivity index (χ4v) is 2.12. The van der Waals surface area contributed by atoms with Gasteiger partial charge in [0.2, 0.25) is 0 Å². The van der Waals surface area contributed by atoms with Crippen molar-refractivity contribution in [2.75, 3.05) is 19.8 Å². The number of rotatable bonds is 3. The molecule has 2 rings (SSSR count). The minimum absolute atomic E-state index is 0.000612. The molecule has 108 valence electrons. The van der Waals surface area contributed by atoms with E-state index < -0.39 is 0 Å². The number of nitrogens with zero attached hydrogens (tertiary/aromatic N) is 3. The van der Waals surface area contributed by atoms with Gasteiger partial charge in [-0.25, -0.2) is 4.68 Å². The zero-order chi connectivity index (χ0) is 14.9. The minimum Gasteiger partial charge on any atom is -0.384 e. The van der Waals surface area contributed by atoms with Crippen LogP contribution in [0.4, 0.5) is 5.82 Å². The van der Waals surface area contributed by atoms with Gasteiger partial charge in [0, 0.05) is 18.0 Å². The lowest BCUT2D eigenvalue weighted by molar-refractivity contribution is 0.402. The Bertz CT molecular complexity index is 591. The third-order valence-corrected chi connectivity index (χ3v) is 3.16. The third kappa shape index (κ3) is 3.20. The lowest BCUT2D eigenvalue weighted by Crippen LogP contribution is -2.13. The van der Waals surface area contributed by atoms with Gasteiger partial charge in [-0.1, -0.05) is 32.9 Å². The predicted octanol–water partition coefficient (Wildman–Crippen LogP) is 2.81. The molecule has 0 saturated carbocycles. The predicted molar refractivity (Wildman–Crippen MR) is 84.1 cm³/mol. The van der Waals surface area contributed by atoms with E-state index >= 15 is 0 Å². The van der Waals surface area contributed by atoms with E-state index in [4.69, 9.17) is 5.73 Å². The molecule has 2 N–H and O–H groups in total. The summed E-state index contributed by atoms with van der Waals surface area (Å²) in [6.45, 7) is 7.33. The molecule has 0 spiro atoms. The second kappa shape index (κ2) is 5.29. The van der Waals surface area contributed by atoms with Gasteiger partial charge in [-0.2, -0.15) is 5.10 Å². The van der Waals surface area contributed by atoms with Gasteiger partial charge in [0.05, 0.1) is 11.4 Å². The molecule has 4 heteroatoms. The quantitative estimate of drug-likeness (QED) is 0.934. The summed E-state index contributed by atoms with van der Waals surface area (Å²) in [5.74, 6) is 0.678. The summed E-state index contributed by atoms with van der Waals surface area (Å²) >= 11 is 0. The molecule has 0 fully saturated rings. The van der Waals surface area contributed by atoms with Crippen molar-refractivity contribution in [2.24, 2.45) is 0 Å². The number of hydrogen-bond donors (Lipinski definition) is 1. The first kappa shape index (κ1) is 14.6. The molecular weight excluding hydrogens is 248 g/mol. The Hall–Kier alpha value is -1.81. The summed E-state index contributed by atoms with van der Waals surface area (Å²) in [6, 6.07) is 10.3. The lowest BCUT2D eigenvalue weighted by atomic mass is 9.92. The van der Waals surface area contributed by atoms with Crippen molar-refractivity contribution in [1.82, 2.24) is 14.7 Å². The lowest BCUT2D eigenvalue weighted by Gasteiger charge is -2.14. The normalized spacial score (nSPS) is 12.1. The van der Waals surface area contributed by atoms with Crippen molar-refractivity contribution < 1.29 is 0 Å². The van der Waals surface area contributed by atoms with Crippen LogP contribution in [-0.2, 0) is 12.0 Å². The molecule has 1 heterocycles. The number of aromatic nitrogens is 2. The first-order chi connectivity index (χ1) is 9.27. The SMILES string of the molecule is CN(C)Cc1cccc(-n2nc(C(C)(C)C)cc2N)c1. The molecule has 0 aliphatic heterocycles. The molecule has 0 aliphatic carbocycles. The van der Waals surface area contributed by atoms with E-state index in [0.717, 1.165) is 17.9 Å². The van der Waals surface area contributed by atoms with Crippen molar-refractivity contribution >= 4 is 5.82 Å². The van der Waals surface area contributed by atoms with Crippen LogP contribution in [0.15, 0.2) is 30.3 Å². The standard InChI is InChI=1S/C16H24N4/c1-16(2,3)14-10-15(17)20(18-14)13-8-6-7-12(9-13)11-19(4)5/h6-10H,11,17H2,1-5H3. The van der Waals surface area contributed by atoms with E-state index in [1.807, 2.05) is 22.9 Å². The van der Waals surface area contributed by atoms with Gasteiger partial charge in [-0.3, -0.25) is 0 Å². The van der Waals surface area contributed by atoms with Crippen molar-refractivity contribution in [2.45, 2.75) is 32.7 Å². The van der Waals surface area contributed by atoms with Crippen LogP contribution in [0.1, 0.15) is 32.0 Å². The molecule has 0 unspecified atom stereocenters. The first-order valence-electron chi connectivity index (χ1n) is 6.87. The van der Waals surface area contributed by atoms with E-state index in [1.165, 1.54) is 5.56 Å². The Kier molecular flexibility index (Phi) is 3.86. The maximum Gasteiger partial charge on any atom is 0.127 e. The van der Waals surface area contributed by atoms with Gasteiger partial charge in [-0.15, -0.1) is 0 Å². The molecule has 20 heavy (non-hydrogen) atoms. The molecule has 0 saturated heterocycles. The largest absolute Gasteiger partial charge is 0.384 e. The summed E-state index contributed by atoms with van der Waals surface area (Å²) in [6.07, 6.45) is 0. The minimum atomic E-state index is 0.000612. The van der Waals surface area contributed by atoms with Crippen LogP contribution in [0.25, 0.3) is 5.69 Å². The molecule has 0 aliphatic rings. The maximum absolute atomic E-state index is 6.11. The van der Waals surface area contributed by atoms with Gasteiger partial charge in [0.25, 0.3) is 0 Å². The number of anilines is 1. The number of nitrogens with two attached hydrogens (primary N) is 1. The fourth-order valence-electron chi connectivity index (χ4n) is 2.12. The highest BCUT2D eigenvalue weighted by atomic mass is 15.3. The highest BCUT2D eigenvalue weighted by Crippen LogP contribution is 2.25. The third-order valence-electron chi connectivity index (χ3n) is 3.16. The summed E-state index contributed by atoms with van der Waals surface area (Å²) in [5, 5.41) is 4.65. The van der Waals surface area contributed by atoms with Crippen LogP contribution in [0.3, 0.4) is 0 Å². The fraction of sp³-hybridized carbons (Fsp3) is 0.438. The summed E-state index contributed by atoms with van der Waals surface area (Å²) in [5.41, 5.74) is 9.38. The smallest absolute Gasteiger partial charge is 0.127 e. The van der Waals surface area contributed by atoms with Crippen LogP contribution in [0, 0.1) is 0 Å². The number of hydrogen-bond acceptors (Lipinski definition) is 3. The van der Waals surface area contributed by atoms with Crippen LogP contribution in [-0.4, -0.2) is 28.8 Å². The van der Waals surface area contributed by atoms with E-state index in [-0.39, 0.29) is 5.41 Å². The zero-order valence-electron chi connectivity index (χ0n) is 13.0. The highest BCUT2D eigenvalue weighted by molar-refractivity contribution is 5.45. The Morgan fingerprint density at radius 2 is 1.90 bits per heavy atom. The molecule has 0 atom stereocenters. The topological polar surface area (TPSA) is 47.1 Å². The highest BCUT2D eigenvalue weighted by Gasteiger charge is 2.19. The first-order valence-corrected chi connectivity index (χ1v) is 6.87. The Labute approximate surface area is 121 Å². The molecule has 0 radical (unpaired) electrons. The van der Waals surface area contributed by atoms with E-state index in [2.05, 4.69) is 57.0 Å². The van der Waals surface area contributed by atoms with Gasteiger partial charge >= 0.3 is 0 Å². The Morgan fingerprint density at radius 1 is 1.20 bits per heavy atom. The monoisotopic (exact) mass is 272 g/mol. The molecular formula is C16H24N4. The average Bonchev–Trinajstić information content (AvgIpc) is 2.70. The van der Waals surface area contributed by atoms with Crippen LogP contribution in [0.5, 0.6) is 0 Å². The second-order valence-corrected chi connectivity index (χ2v) is 6.52.